The smallest absolute Gasteiger partial charge is 0.233 e. The molecule has 0 aliphatic carbocycles. The molecule has 21 heavy (non-hydrogen) atoms. The predicted octanol–water partition coefficient (Wildman–Crippen LogP) is 4.12. The van der Waals surface area contributed by atoms with Gasteiger partial charge in [0.15, 0.2) is 0 Å². The number of hydrogen-bond donors (Lipinski definition) is 1. The topological polar surface area (TPSA) is 34.1 Å². The van der Waals surface area contributed by atoms with Crippen molar-refractivity contribution in [2.75, 3.05) is 13.1 Å². The molecule has 2 heterocycles. The van der Waals surface area contributed by atoms with Crippen LogP contribution in [0.2, 0.25) is 10.0 Å². The molecule has 1 aromatic heterocycles. The molecule has 2 atom stereocenters. The largest absolute Gasteiger partial charge is 0.468 e. The fraction of sp³-hybridized carbons (Fsp3) is 0.312. The van der Waals surface area contributed by atoms with Crippen LogP contribution in [0.25, 0.3) is 0 Å². The van der Waals surface area contributed by atoms with Gasteiger partial charge in [-0.2, -0.15) is 0 Å². The van der Waals surface area contributed by atoms with Crippen molar-refractivity contribution in [3.8, 4) is 5.88 Å². The first-order chi connectivity index (χ1) is 10.2. The van der Waals surface area contributed by atoms with Crippen molar-refractivity contribution >= 4 is 23.2 Å². The average Bonchev–Trinajstić information content (AvgIpc) is 3.01. The lowest BCUT2D eigenvalue weighted by Gasteiger charge is -2.24. The minimum atomic E-state index is -0.0626. The highest BCUT2D eigenvalue weighted by molar-refractivity contribution is 6.35. The standard InChI is InChI=1S/C16H16Cl2N2O/c17-13-8-14(18)16(20-10-13)21-15(12-6-7-19-9-12)11-4-2-1-3-5-11/h1-5,8,10,12,15,19H,6-7,9H2/t12-,15?/m1/s1. The minimum absolute atomic E-state index is 0.0626. The van der Waals surface area contributed by atoms with Crippen molar-refractivity contribution in [2.45, 2.75) is 12.5 Å². The van der Waals surface area contributed by atoms with E-state index in [2.05, 4.69) is 22.4 Å². The summed E-state index contributed by atoms with van der Waals surface area (Å²) < 4.78 is 6.13. The van der Waals surface area contributed by atoms with Crippen LogP contribution >= 0.6 is 23.2 Å². The van der Waals surface area contributed by atoms with Gasteiger partial charge in [-0.1, -0.05) is 53.5 Å². The molecule has 0 spiro atoms. The van der Waals surface area contributed by atoms with Crippen LogP contribution in [0.15, 0.2) is 42.6 Å². The molecule has 1 aromatic carbocycles. The number of nitrogens with one attached hydrogen (secondary N) is 1. The molecule has 5 heteroatoms. The Labute approximate surface area is 134 Å². The van der Waals surface area contributed by atoms with Gasteiger partial charge in [0.05, 0.1) is 5.02 Å². The number of hydrogen-bond acceptors (Lipinski definition) is 3. The summed E-state index contributed by atoms with van der Waals surface area (Å²) in [6.07, 6.45) is 2.56. The van der Waals surface area contributed by atoms with Crippen molar-refractivity contribution in [1.29, 1.82) is 0 Å². The lowest BCUT2D eigenvalue weighted by atomic mass is 9.95. The number of nitrogens with zero attached hydrogens (tertiary/aromatic N) is 1. The number of ether oxygens (including phenoxy) is 1. The van der Waals surface area contributed by atoms with Gasteiger partial charge in [-0.3, -0.25) is 0 Å². The van der Waals surface area contributed by atoms with Crippen LogP contribution in [-0.4, -0.2) is 18.1 Å². The number of pyridine rings is 1. The van der Waals surface area contributed by atoms with Crippen LogP contribution in [0.3, 0.4) is 0 Å². The fourth-order valence-electron chi connectivity index (χ4n) is 2.62. The van der Waals surface area contributed by atoms with E-state index in [-0.39, 0.29) is 6.10 Å². The first-order valence-electron chi connectivity index (χ1n) is 6.97. The summed E-state index contributed by atoms with van der Waals surface area (Å²) in [5.74, 6) is 0.836. The first-order valence-corrected chi connectivity index (χ1v) is 7.73. The molecule has 0 amide bonds. The Morgan fingerprint density at radius 2 is 2.05 bits per heavy atom. The monoisotopic (exact) mass is 322 g/mol. The van der Waals surface area contributed by atoms with E-state index in [0.717, 1.165) is 25.1 Å². The molecule has 0 bridgehead atoms. The molecule has 110 valence electrons. The van der Waals surface area contributed by atoms with E-state index in [1.54, 1.807) is 12.3 Å². The predicted molar refractivity (Wildman–Crippen MR) is 85.0 cm³/mol. The maximum absolute atomic E-state index is 6.18. The van der Waals surface area contributed by atoms with Crippen LogP contribution < -0.4 is 10.1 Å². The molecule has 1 N–H and O–H groups in total. The Kier molecular flexibility index (Phi) is 4.63. The second kappa shape index (κ2) is 6.65. The van der Waals surface area contributed by atoms with Crippen LogP contribution in [0.1, 0.15) is 18.1 Å². The first kappa shape index (κ1) is 14.6. The maximum Gasteiger partial charge on any atom is 0.233 e. The summed E-state index contributed by atoms with van der Waals surface area (Å²) in [6, 6.07) is 11.8. The molecule has 3 rings (SSSR count). The number of aromatic nitrogens is 1. The lowest BCUT2D eigenvalue weighted by Crippen LogP contribution is -2.21. The van der Waals surface area contributed by atoms with Gasteiger partial charge in [-0.15, -0.1) is 0 Å². The van der Waals surface area contributed by atoms with Crippen LogP contribution in [0, 0.1) is 5.92 Å². The zero-order chi connectivity index (χ0) is 14.7. The Morgan fingerprint density at radius 3 is 2.71 bits per heavy atom. The summed E-state index contributed by atoms with van der Waals surface area (Å²) >= 11 is 12.1. The van der Waals surface area contributed by atoms with E-state index in [9.17, 15) is 0 Å². The van der Waals surface area contributed by atoms with E-state index >= 15 is 0 Å². The van der Waals surface area contributed by atoms with Gasteiger partial charge in [0.25, 0.3) is 0 Å². The van der Waals surface area contributed by atoms with Crippen molar-refractivity contribution in [3.05, 3.63) is 58.2 Å². The summed E-state index contributed by atoms with van der Waals surface area (Å²) in [4.78, 5) is 4.21. The van der Waals surface area contributed by atoms with Gasteiger partial charge in [0, 0.05) is 18.7 Å². The van der Waals surface area contributed by atoms with Crippen LogP contribution in [0.5, 0.6) is 5.88 Å². The molecule has 1 unspecified atom stereocenters. The van der Waals surface area contributed by atoms with Gasteiger partial charge >= 0.3 is 0 Å². The third-order valence-electron chi connectivity index (χ3n) is 3.67. The lowest BCUT2D eigenvalue weighted by molar-refractivity contribution is 0.138. The Balaban J connectivity index is 1.88. The van der Waals surface area contributed by atoms with Gasteiger partial charge in [0.2, 0.25) is 5.88 Å². The van der Waals surface area contributed by atoms with E-state index < -0.39 is 0 Å². The number of rotatable bonds is 4. The van der Waals surface area contributed by atoms with E-state index in [4.69, 9.17) is 27.9 Å². The third kappa shape index (κ3) is 3.49. The van der Waals surface area contributed by atoms with E-state index in [0.29, 0.717) is 21.8 Å². The Morgan fingerprint density at radius 1 is 1.24 bits per heavy atom. The molecule has 3 nitrogen and oxygen atoms in total. The molecule has 1 saturated heterocycles. The van der Waals surface area contributed by atoms with Crippen molar-refractivity contribution in [1.82, 2.24) is 10.3 Å². The SMILES string of the molecule is Clc1cnc(OC(c2ccccc2)[C@@H]2CCNC2)c(Cl)c1. The fourth-order valence-corrected chi connectivity index (χ4v) is 3.05. The van der Waals surface area contributed by atoms with Crippen LogP contribution in [-0.2, 0) is 0 Å². The number of halogens is 2. The van der Waals surface area contributed by atoms with Crippen molar-refractivity contribution in [3.63, 3.8) is 0 Å². The molecule has 1 fully saturated rings. The quantitative estimate of drug-likeness (QED) is 0.919. The van der Waals surface area contributed by atoms with Gasteiger partial charge in [-0.25, -0.2) is 4.98 Å². The van der Waals surface area contributed by atoms with Gasteiger partial charge in [0.1, 0.15) is 11.1 Å². The Hall–Kier alpha value is -1.29. The second-order valence-corrected chi connectivity index (χ2v) is 5.99. The highest BCUT2D eigenvalue weighted by atomic mass is 35.5. The summed E-state index contributed by atoms with van der Waals surface area (Å²) in [5, 5.41) is 4.32. The van der Waals surface area contributed by atoms with Gasteiger partial charge in [-0.05, 0) is 24.6 Å². The summed E-state index contributed by atoms with van der Waals surface area (Å²) in [7, 11) is 0. The van der Waals surface area contributed by atoms with Gasteiger partial charge < -0.3 is 10.1 Å². The average molecular weight is 323 g/mol. The Bertz CT molecular complexity index is 600. The zero-order valence-corrected chi connectivity index (χ0v) is 12.9. The normalized spacial score (nSPS) is 19.4. The van der Waals surface area contributed by atoms with Crippen LogP contribution in [0.4, 0.5) is 0 Å². The van der Waals surface area contributed by atoms with Crippen molar-refractivity contribution < 1.29 is 4.74 Å². The van der Waals surface area contributed by atoms with E-state index in [1.165, 1.54) is 0 Å². The van der Waals surface area contributed by atoms with Crippen molar-refractivity contribution in [2.24, 2.45) is 5.92 Å². The highest BCUT2D eigenvalue weighted by Crippen LogP contribution is 2.34. The second-order valence-electron chi connectivity index (χ2n) is 5.14. The number of benzene rings is 1. The molecule has 1 aliphatic heterocycles. The molecule has 2 aromatic rings. The zero-order valence-electron chi connectivity index (χ0n) is 11.4. The molecule has 0 saturated carbocycles. The summed E-state index contributed by atoms with van der Waals surface area (Å²) in [5.41, 5.74) is 1.14. The third-order valence-corrected chi connectivity index (χ3v) is 4.14. The summed E-state index contributed by atoms with van der Waals surface area (Å²) in [6.45, 7) is 1.95. The highest BCUT2D eigenvalue weighted by Gasteiger charge is 2.28. The van der Waals surface area contributed by atoms with E-state index in [1.807, 2.05) is 18.2 Å². The minimum Gasteiger partial charge on any atom is -0.468 e. The molecular formula is C16H16Cl2N2O. The molecule has 1 aliphatic rings. The maximum atomic E-state index is 6.18. The molecule has 0 radical (unpaired) electrons. The molecular weight excluding hydrogens is 307 g/mol.